The van der Waals surface area contributed by atoms with Crippen LogP contribution in [0.4, 0.5) is 0 Å². The van der Waals surface area contributed by atoms with Crippen LogP contribution in [0, 0.1) is 17.9 Å². The summed E-state index contributed by atoms with van der Waals surface area (Å²) in [5, 5.41) is 8.77. The molecule has 0 amide bonds. The van der Waals surface area contributed by atoms with Gasteiger partial charge in [-0.2, -0.15) is 0 Å². The summed E-state index contributed by atoms with van der Waals surface area (Å²) >= 11 is 0. The molecule has 0 radical (unpaired) electrons. The van der Waals surface area contributed by atoms with E-state index in [0.29, 0.717) is 11.1 Å². The highest BCUT2D eigenvalue weighted by molar-refractivity contribution is 6.12. The summed E-state index contributed by atoms with van der Waals surface area (Å²) in [6.45, 7) is 6.87. The number of rotatable bonds is 0. The second-order valence-corrected chi connectivity index (χ2v) is 3.20. The van der Waals surface area contributed by atoms with Gasteiger partial charge >= 0.3 is 0 Å². The standard InChI is InChI=1S/C12H6N2O/c1-14-11(7-13)10-6-12(15)9-5-3-2-4-8(9)10/h2-5H,6H2/b11-10-. The molecule has 0 N–H and O–H groups in total. The molecule has 0 spiro atoms. The predicted octanol–water partition coefficient (Wildman–Crippen LogP) is 2.43. The largest absolute Gasteiger partial charge is 0.294 e. The van der Waals surface area contributed by atoms with E-state index in [0.717, 1.165) is 5.56 Å². The van der Waals surface area contributed by atoms with Gasteiger partial charge in [0.2, 0.25) is 0 Å². The number of fused-ring (bicyclic) bond motifs is 1. The number of Topliss-reactive ketones (excluding diaryl/α,β-unsaturated/α-hetero) is 1. The first kappa shape index (κ1) is 9.18. The smallest absolute Gasteiger partial charge is 0.266 e. The van der Waals surface area contributed by atoms with Crippen molar-refractivity contribution in [3.8, 4) is 6.07 Å². The molecule has 3 nitrogen and oxygen atoms in total. The maximum atomic E-state index is 11.6. The lowest BCUT2D eigenvalue weighted by atomic mass is 10.1. The van der Waals surface area contributed by atoms with Gasteiger partial charge in [-0.25, -0.2) is 10.1 Å². The van der Waals surface area contributed by atoms with E-state index in [4.69, 9.17) is 11.8 Å². The van der Waals surface area contributed by atoms with Crippen molar-refractivity contribution < 1.29 is 4.79 Å². The van der Waals surface area contributed by atoms with Crippen LogP contribution in [-0.4, -0.2) is 5.78 Å². The third-order valence-corrected chi connectivity index (χ3v) is 2.39. The maximum absolute atomic E-state index is 11.6. The van der Waals surface area contributed by atoms with E-state index in [9.17, 15) is 4.79 Å². The number of nitrogens with zero attached hydrogens (tertiary/aromatic N) is 2. The quantitative estimate of drug-likeness (QED) is 0.470. The summed E-state index contributed by atoms with van der Waals surface area (Å²) in [6, 6.07) is 8.91. The molecule has 0 aromatic heterocycles. The molecule has 1 aromatic carbocycles. The van der Waals surface area contributed by atoms with Crippen LogP contribution in [-0.2, 0) is 0 Å². The summed E-state index contributed by atoms with van der Waals surface area (Å²) in [4.78, 5) is 14.7. The monoisotopic (exact) mass is 194 g/mol. The maximum Gasteiger partial charge on any atom is 0.266 e. The van der Waals surface area contributed by atoms with Crippen molar-refractivity contribution >= 4 is 11.4 Å². The Morgan fingerprint density at radius 3 is 2.67 bits per heavy atom. The summed E-state index contributed by atoms with van der Waals surface area (Å²) in [5.74, 6) is -0.0167. The van der Waals surface area contributed by atoms with Crippen LogP contribution in [0.2, 0.25) is 0 Å². The van der Waals surface area contributed by atoms with Crippen molar-refractivity contribution in [2.45, 2.75) is 6.42 Å². The third-order valence-electron chi connectivity index (χ3n) is 2.39. The van der Waals surface area contributed by atoms with Crippen molar-refractivity contribution in [1.29, 1.82) is 5.26 Å². The zero-order chi connectivity index (χ0) is 10.8. The molecule has 15 heavy (non-hydrogen) atoms. The lowest BCUT2D eigenvalue weighted by Gasteiger charge is -1.97. The fourth-order valence-electron chi connectivity index (χ4n) is 1.71. The number of carbonyl (C=O) groups is 1. The van der Waals surface area contributed by atoms with E-state index >= 15 is 0 Å². The molecule has 0 aliphatic heterocycles. The molecule has 70 valence electrons. The van der Waals surface area contributed by atoms with Crippen molar-refractivity contribution in [1.82, 2.24) is 0 Å². The summed E-state index contributed by atoms with van der Waals surface area (Å²) < 4.78 is 0. The predicted molar refractivity (Wildman–Crippen MR) is 54.5 cm³/mol. The number of carbonyl (C=O) groups excluding carboxylic acids is 1. The second-order valence-electron chi connectivity index (χ2n) is 3.20. The van der Waals surface area contributed by atoms with E-state index in [1.165, 1.54) is 0 Å². The van der Waals surface area contributed by atoms with Gasteiger partial charge in [-0.1, -0.05) is 24.3 Å². The molecule has 0 unspecified atom stereocenters. The Bertz CT molecular complexity index is 540. The number of hydrogen-bond acceptors (Lipinski definition) is 2. The van der Waals surface area contributed by atoms with Gasteiger partial charge < -0.3 is 0 Å². The minimum atomic E-state index is -0.0167. The molecule has 0 heterocycles. The molecule has 0 saturated heterocycles. The molecule has 1 aromatic rings. The number of allylic oxidation sites excluding steroid dienone is 2. The number of ketones is 1. The molecule has 0 bridgehead atoms. The van der Waals surface area contributed by atoms with E-state index in [-0.39, 0.29) is 17.9 Å². The van der Waals surface area contributed by atoms with Gasteiger partial charge in [0.1, 0.15) is 0 Å². The highest BCUT2D eigenvalue weighted by Crippen LogP contribution is 2.34. The Hall–Kier alpha value is -2.39. The van der Waals surface area contributed by atoms with Crippen LogP contribution >= 0.6 is 0 Å². The number of nitriles is 1. The highest BCUT2D eigenvalue weighted by Gasteiger charge is 2.25. The van der Waals surface area contributed by atoms with Crippen molar-refractivity contribution in [3.63, 3.8) is 0 Å². The molecular formula is C12H6N2O. The first-order chi connectivity index (χ1) is 7.27. The topological polar surface area (TPSA) is 45.2 Å². The molecule has 0 fully saturated rings. The first-order valence-corrected chi connectivity index (χ1v) is 4.41. The summed E-state index contributed by atoms with van der Waals surface area (Å²) in [7, 11) is 0. The molecule has 0 atom stereocenters. The molecular weight excluding hydrogens is 188 g/mol. The molecule has 3 heteroatoms. The number of hydrogen-bond donors (Lipinski definition) is 0. The molecule has 0 saturated carbocycles. The Morgan fingerprint density at radius 1 is 1.40 bits per heavy atom. The Kier molecular flexibility index (Phi) is 2.08. The zero-order valence-electron chi connectivity index (χ0n) is 7.82. The van der Waals surface area contributed by atoms with Crippen molar-refractivity contribution in [2.24, 2.45) is 0 Å². The average Bonchev–Trinajstić information content (AvgIpc) is 2.60. The van der Waals surface area contributed by atoms with Crippen LogP contribution in [0.25, 0.3) is 10.4 Å². The van der Waals surface area contributed by atoms with Gasteiger partial charge in [-0.15, -0.1) is 0 Å². The van der Waals surface area contributed by atoms with Gasteiger partial charge in [0.25, 0.3) is 5.70 Å². The number of benzene rings is 1. The SMILES string of the molecule is [C-]#[N+]/C(C#N)=C1/CC(=O)c2ccccc21. The van der Waals surface area contributed by atoms with Gasteiger partial charge in [-0.05, 0) is 11.1 Å². The molecule has 2 rings (SSSR count). The van der Waals surface area contributed by atoms with Gasteiger partial charge in [0, 0.05) is 12.0 Å². The molecule has 1 aliphatic rings. The van der Waals surface area contributed by atoms with Crippen LogP contribution < -0.4 is 0 Å². The van der Waals surface area contributed by atoms with E-state index in [2.05, 4.69) is 4.85 Å². The van der Waals surface area contributed by atoms with E-state index in [1.807, 2.05) is 6.07 Å². The highest BCUT2D eigenvalue weighted by atomic mass is 16.1. The van der Waals surface area contributed by atoms with E-state index < -0.39 is 0 Å². The lowest BCUT2D eigenvalue weighted by Crippen LogP contribution is -1.88. The van der Waals surface area contributed by atoms with Gasteiger partial charge in [0.15, 0.2) is 5.78 Å². The minimum absolute atomic E-state index is 0.0167. The second kappa shape index (κ2) is 3.40. The Balaban J connectivity index is 2.71. The summed E-state index contributed by atoms with van der Waals surface area (Å²) in [5.41, 5.74) is 1.93. The minimum Gasteiger partial charge on any atom is -0.294 e. The van der Waals surface area contributed by atoms with Crippen molar-refractivity contribution in [3.05, 3.63) is 52.5 Å². The Labute approximate surface area is 87.1 Å². The van der Waals surface area contributed by atoms with Crippen LogP contribution in [0.5, 0.6) is 0 Å². The fraction of sp³-hybridized carbons (Fsp3) is 0.0833. The molecule has 1 aliphatic carbocycles. The summed E-state index contributed by atoms with van der Waals surface area (Å²) in [6.07, 6.45) is 0.171. The Morgan fingerprint density at radius 2 is 2.07 bits per heavy atom. The van der Waals surface area contributed by atoms with Crippen LogP contribution in [0.15, 0.2) is 30.0 Å². The third kappa shape index (κ3) is 1.31. The lowest BCUT2D eigenvalue weighted by molar-refractivity contribution is 0.100. The van der Waals surface area contributed by atoms with Gasteiger partial charge in [0.05, 0.1) is 12.6 Å². The van der Waals surface area contributed by atoms with Crippen LogP contribution in [0.3, 0.4) is 0 Å². The normalized spacial score (nSPS) is 16.5. The average molecular weight is 194 g/mol. The zero-order valence-corrected chi connectivity index (χ0v) is 7.82. The van der Waals surface area contributed by atoms with E-state index in [1.54, 1.807) is 24.3 Å². The van der Waals surface area contributed by atoms with Gasteiger partial charge in [-0.3, -0.25) is 4.79 Å². The first-order valence-electron chi connectivity index (χ1n) is 4.41. The van der Waals surface area contributed by atoms with Crippen molar-refractivity contribution in [2.75, 3.05) is 0 Å². The van der Waals surface area contributed by atoms with Crippen LogP contribution in [0.1, 0.15) is 22.3 Å². The fourth-order valence-corrected chi connectivity index (χ4v) is 1.71.